The van der Waals surface area contributed by atoms with Crippen LogP contribution in [0.1, 0.15) is 24.8 Å². The monoisotopic (exact) mass is 436 g/mol. The molecular formula is C21H22F2N2O4S. The van der Waals surface area contributed by atoms with E-state index < -0.39 is 32.0 Å². The summed E-state index contributed by atoms with van der Waals surface area (Å²) in [4.78, 5) is 12.6. The fourth-order valence-electron chi connectivity index (χ4n) is 3.92. The third-order valence-corrected chi connectivity index (χ3v) is 7.71. The number of morpholine rings is 1. The van der Waals surface area contributed by atoms with E-state index >= 15 is 0 Å². The molecule has 1 aliphatic heterocycles. The molecule has 9 heteroatoms. The highest BCUT2D eigenvalue weighted by atomic mass is 32.2. The minimum Gasteiger partial charge on any atom is -0.379 e. The molecular weight excluding hydrogens is 414 g/mol. The molecule has 0 unspecified atom stereocenters. The Kier molecular flexibility index (Phi) is 5.61. The van der Waals surface area contributed by atoms with E-state index in [1.165, 1.54) is 22.5 Å². The third kappa shape index (κ3) is 3.73. The highest BCUT2D eigenvalue weighted by Gasteiger charge is 2.46. The smallest absolute Gasteiger partial charge is 0.246 e. The summed E-state index contributed by atoms with van der Waals surface area (Å²) in [5.41, 5.74) is -0.120. The van der Waals surface area contributed by atoms with Crippen LogP contribution < -0.4 is 5.32 Å². The number of ether oxygens (including phenoxy) is 1. The largest absolute Gasteiger partial charge is 0.379 e. The van der Waals surface area contributed by atoms with Crippen molar-refractivity contribution in [3.8, 4) is 0 Å². The molecule has 1 amide bonds. The van der Waals surface area contributed by atoms with E-state index in [1.807, 2.05) is 0 Å². The fourth-order valence-corrected chi connectivity index (χ4v) is 5.42. The maximum atomic E-state index is 14.4. The molecule has 160 valence electrons. The first-order chi connectivity index (χ1) is 14.3. The number of halogens is 2. The molecule has 2 aromatic rings. The van der Waals surface area contributed by atoms with Crippen molar-refractivity contribution in [2.45, 2.75) is 29.6 Å². The van der Waals surface area contributed by atoms with Crippen molar-refractivity contribution in [2.75, 3.05) is 31.6 Å². The molecule has 0 atom stereocenters. The van der Waals surface area contributed by atoms with Gasteiger partial charge in [0.1, 0.15) is 16.5 Å². The molecule has 6 nitrogen and oxygen atoms in total. The van der Waals surface area contributed by atoms with Gasteiger partial charge in [-0.2, -0.15) is 4.31 Å². The summed E-state index contributed by atoms with van der Waals surface area (Å²) in [6, 6.07) is 9.41. The van der Waals surface area contributed by atoms with Crippen LogP contribution in [0.15, 0.2) is 47.4 Å². The van der Waals surface area contributed by atoms with E-state index in [4.69, 9.17) is 4.74 Å². The number of hydrogen-bond acceptors (Lipinski definition) is 4. The number of carbonyl (C=O) groups is 1. The molecule has 2 fully saturated rings. The summed E-state index contributed by atoms with van der Waals surface area (Å²) < 4.78 is 60.1. The number of hydrogen-bond donors (Lipinski definition) is 1. The summed E-state index contributed by atoms with van der Waals surface area (Å²) in [6.07, 6.45) is 1.94. The molecule has 0 spiro atoms. The van der Waals surface area contributed by atoms with Crippen LogP contribution in [-0.4, -0.2) is 44.9 Å². The SMILES string of the molecule is O=C(Nc1ccc(F)c(S(=O)(=O)N2CCOCC2)c1)C1(c2cccc(F)c2)CCC1. The van der Waals surface area contributed by atoms with Gasteiger partial charge in [0.2, 0.25) is 15.9 Å². The van der Waals surface area contributed by atoms with E-state index in [1.54, 1.807) is 12.1 Å². The van der Waals surface area contributed by atoms with Gasteiger partial charge in [0.25, 0.3) is 0 Å². The molecule has 2 aromatic carbocycles. The van der Waals surface area contributed by atoms with Gasteiger partial charge in [0.05, 0.1) is 18.6 Å². The Labute approximate surface area is 173 Å². The molecule has 1 saturated heterocycles. The number of amides is 1. The zero-order chi connectivity index (χ0) is 21.4. The number of nitrogens with one attached hydrogen (secondary N) is 1. The topological polar surface area (TPSA) is 75.7 Å². The number of benzene rings is 2. The summed E-state index contributed by atoms with van der Waals surface area (Å²) in [5, 5.41) is 2.71. The highest BCUT2D eigenvalue weighted by Crippen LogP contribution is 2.44. The lowest BCUT2D eigenvalue weighted by Gasteiger charge is -2.40. The Morgan fingerprint density at radius 2 is 1.80 bits per heavy atom. The van der Waals surface area contributed by atoms with Crippen molar-refractivity contribution in [2.24, 2.45) is 0 Å². The summed E-state index contributed by atoms with van der Waals surface area (Å²) in [5.74, 6) is -1.67. The zero-order valence-electron chi connectivity index (χ0n) is 16.2. The molecule has 1 aliphatic carbocycles. The first-order valence-corrected chi connectivity index (χ1v) is 11.2. The minimum atomic E-state index is -4.06. The van der Waals surface area contributed by atoms with Crippen LogP contribution in [0.25, 0.3) is 0 Å². The van der Waals surface area contributed by atoms with E-state index in [0.717, 1.165) is 18.6 Å². The van der Waals surface area contributed by atoms with Crippen molar-refractivity contribution >= 4 is 21.6 Å². The van der Waals surface area contributed by atoms with Gasteiger partial charge in [-0.25, -0.2) is 17.2 Å². The van der Waals surface area contributed by atoms with E-state index in [0.29, 0.717) is 18.4 Å². The van der Waals surface area contributed by atoms with Gasteiger partial charge >= 0.3 is 0 Å². The average Bonchev–Trinajstić information content (AvgIpc) is 2.69. The van der Waals surface area contributed by atoms with Crippen LogP contribution in [0.3, 0.4) is 0 Å². The Balaban J connectivity index is 1.61. The molecule has 2 aliphatic rings. The van der Waals surface area contributed by atoms with Gasteiger partial charge in [-0.3, -0.25) is 4.79 Å². The molecule has 0 bridgehead atoms. The first-order valence-electron chi connectivity index (χ1n) is 9.78. The van der Waals surface area contributed by atoms with Crippen LogP contribution in [0, 0.1) is 11.6 Å². The molecule has 1 N–H and O–H groups in total. The molecule has 1 heterocycles. The number of rotatable bonds is 5. The lowest BCUT2D eigenvalue weighted by atomic mass is 9.63. The number of anilines is 1. The Morgan fingerprint density at radius 1 is 1.07 bits per heavy atom. The number of carbonyl (C=O) groups excluding carboxylic acids is 1. The van der Waals surface area contributed by atoms with Gasteiger partial charge in [-0.05, 0) is 48.7 Å². The Hall–Kier alpha value is -2.36. The quantitative estimate of drug-likeness (QED) is 0.782. The fraction of sp³-hybridized carbons (Fsp3) is 0.381. The summed E-state index contributed by atoms with van der Waals surface area (Å²) in [7, 11) is -4.06. The maximum Gasteiger partial charge on any atom is 0.246 e. The maximum absolute atomic E-state index is 14.4. The van der Waals surface area contributed by atoms with Crippen molar-refractivity contribution in [3.63, 3.8) is 0 Å². The molecule has 4 rings (SSSR count). The molecule has 0 radical (unpaired) electrons. The third-order valence-electron chi connectivity index (χ3n) is 5.80. The van der Waals surface area contributed by atoms with Gasteiger partial charge in [-0.1, -0.05) is 18.6 Å². The summed E-state index contributed by atoms with van der Waals surface area (Å²) >= 11 is 0. The van der Waals surface area contributed by atoms with Gasteiger partial charge in [0.15, 0.2) is 0 Å². The van der Waals surface area contributed by atoms with Crippen molar-refractivity contribution in [1.82, 2.24) is 4.31 Å². The number of nitrogens with zero attached hydrogens (tertiary/aromatic N) is 1. The molecule has 1 saturated carbocycles. The Morgan fingerprint density at radius 3 is 2.43 bits per heavy atom. The standard InChI is InChI=1S/C21H22F2N2O4S/c22-16-4-1-3-15(13-16)21(7-2-8-21)20(26)24-17-5-6-18(23)19(14-17)30(27,28)25-9-11-29-12-10-25/h1,3-6,13-14H,2,7-12H2,(H,24,26). The van der Waals surface area contributed by atoms with E-state index in [2.05, 4.69) is 5.32 Å². The van der Waals surface area contributed by atoms with Crippen LogP contribution >= 0.6 is 0 Å². The van der Waals surface area contributed by atoms with Crippen LogP contribution in [-0.2, 0) is 25.0 Å². The molecule has 30 heavy (non-hydrogen) atoms. The minimum absolute atomic E-state index is 0.140. The van der Waals surface area contributed by atoms with Crippen LogP contribution in [0.4, 0.5) is 14.5 Å². The van der Waals surface area contributed by atoms with Crippen molar-refractivity contribution < 1.29 is 26.7 Å². The van der Waals surface area contributed by atoms with Crippen LogP contribution in [0.5, 0.6) is 0 Å². The predicted octanol–water partition coefficient (Wildman–Crippen LogP) is 3.05. The average molecular weight is 436 g/mol. The second kappa shape index (κ2) is 8.05. The van der Waals surface area contributed by atoms with Crippen LogP contribution in [0.2, 0.25) is 0 Å². The van der Waals surface area contributed by atoms with Gasteiger partial charge in [0, 0.05) is 18.8 Å². The highest BCUT2D eigenvalue weighted by molar-refractivity contribution is 7.89. The van der Waals surface area contributed by atoms with Crippen molar-refractivity contribution in [1.29, 1.82) is 0 Å². The Bertz CT molecular complexity index is 1060. The van der Waals surface area contributed by atoms with Gasteiger partial charge < -0.3 is 10.1 Å². The predicted molar refractivity (Wildman–Crippen MR) is 107 cm³/mol. The van der Waals surface area contributed by atoms with E-state index in [-0.39, 0.29) is 37.9 Å². The second-order valence-corrected chi connectivity index (χ2v) is 9.47. The van der Waals surface area contributed by atoms with Gasteiger partial charge in [-0.15, -0.1) is 0 Å². The van der Waals surface area contributed by atoms with E-state index in [9.17, 15) is 22.0 Å². The lowest BCUT2D eigenvalue weighted by molar-refractivity contribution is -0.124. The zero-order valence-corrected chi connectivity index (χ0v) is 17.1. The molecule has 0 aromatic heterocycles. The second-order valence-electron chi connectivity index (χ2n) is 7.56. The first kappa shape index (κ1) is 20.9. The number of sulfonamides is 1. The normalized spacial score (nSPS) is 19.1. The summed E-state index contributed by atoms with van der Waals surface area (Å²) in [6.45, 7) is 0.767. The lowest BCUT2D eigenvalue weighted by Crippen LogP contribution is -2.46. The van der Waals surface area contributed by atoms with Crippen molar-refractivity contribution in [3.05, 3.63) is 59.7 Å².